The number of aromatic nitrogens is 1. The molecule has 0 saturated carbocycles. The van der Waals surface area contributed by atoms with E-state index < -0.39 is 0 Å². The van der Waals surface area contributed by atoms with Gasteiger partial charge in [-0.15, -0.1) is 0 Å². The number of benzene rings is 2. The van der Waals surface area contributed by atoms with Gasteiger partial charge in [0.1, 0.15) is 6.54 Å². The lowest BCUT2D eigenvalue weighted by atomic mass is 10.1. The minimum absolute atomic E-state index is 0.00660. The van der Waals surface area contributed by atoms with E-state index in [1.165, 1.54) is 0 Å². The Morgan fingerprint density at radius 1 is 0.926 bits per heavy atom. The van der Waals surface area contributed by atoms with E-state index in [0.717, 1.165) is 0 Å². The van der Waals surface area contributed by atoms with Crippen LogP contribution in [0.4, 0.5) is 0 Å². The van der Waals surface area contributed by atoms with Gasteiger partial charge in [0, 0.05) is 24.4 Å². The van der Waals surface area contributed by atoms with Gasteiger partial charge in [0.05, 0.1) is 24.2 Å². The summed E-state index contributed by atoms with van der Waals surface area (Å²) in [5, 5.41) is 6.37. The third kappa shape index (κ3) is 4.15. The van der Waals surface area contributed by atoms with Crippen molar-refractivity contribution in [2.24, 2.45) is 0 Å². The molecule has 0 spiro atoms. The van der Waals surface area contributed by atoms with Crippen LogP contribution in [-0.2, 0) is 20.9 Å². The average Bonchev–Trinajstić information content (AvgIpc) is 2.70. The molecule has 2 aromatic carbocycles. The molecule has 0 radical (unpaired) electrons. The quantitative estimate of drug-likeness (QED) is 0.482. The van der Waals surface area contributed by atoms with Crippen LogP contribution >= 0.6 is 0 Å². The molecule has 0 atom stereocenters. The molecule has 140 valence electrons. The molecular formula is C20H21N3O4. The summed E-state index contributed by atoms with van der Waals surface area (Å²) in [6.07, 6.45) is 0. The molecule has 0 unspecified atom stereocenters. The first-order chi connectivity index (χ1) is 13.1. The van der Waals surface area contributed by atoms with E-state index in [2.05, 4.69) is 10.6 Å². The standard InChI is InChI=1S/C20H21N3O4/c1-27-11-10-21-18(24)12-22-19(25)13-23-16-8-4-2-6-14(16)20(26)15-7-3-5-9-17(15)23/h2-9H,10-13H2,1H3,(H,21,24)(H,22,25). The van der Waals surface area contributed by atoms with Gasteiger partial charge in [-0.3, -0.25) is 14.4 Å². The van der Waals surface area contributed by atoms with E-state index >= 15 is 0 Å². The number of ether oxygens (including phenoxy) is 1. The van der Waals surface area contributed by atoms with E-state index in [9.17, 15) is 14.4 Å². The average molecular weight is 367 g/mol. The van der Waals surface area contributed by atoms with Crippen LogP contribution in [0.5, 0.6) is 0 Å². The zero-order valence-corrected chi connectivity index (χ0v) is 15.0. The Balaban J connectivity index is 1.83. The Hall–Kier alpha value is -3.19. The maximum atomic E-state index is 12.7. The lowest BCUT2D eigenvalue weighted by Gasteiger charge is -2.15. The molecule has 3 rings (SSSR count). The summed E-state index contributed by atoms with van der Waals surface area (Å²) < 4.78 is 6.65. The number of nitrogens with zero attached hydrogens (tertiary/aromatic N) is 1. The van der Waals surface area contributed by atoms with Gasteiger partial charge in [-0.05, 0) is 24.3 Å². The summed E-state index contributed by atoms with van der Waals surface area (Å²) in [6, 6.07) is 14.4. The summed E-state index contributed by atoms with van der Waals surface area (Å²) in [5.41, 5.74) is 1.30. The molecule has 3 aromatic rings. The number of rotatable bonds is 7. The Bertz CT molecular complexity index is 982. The Morgan fingerprint density at radius 3 is 2.11 bits per heavy atom. The van der Waals surface area contributed by atoms with Gasteiger partial charge < -0.3 is 19.9 Å². The monoisotopic (exact) mass is 367 g/mol. The number of fused-ring (bicyclic) bond motifs is 2. The van der Waals surface area contributed by atoms with Gasteiger partial charge in [-0.2, -0.15) is 0 Å². The van der Waals surface area contributed by atoms with Crippen LogP contribution in [0.3, 0.4) is 0 Å². The minimum atomic E-state index is -0.309. The van der Waals surface area contributed by atoms with Crippen LogP contribution < -0.4 is 16.1 Å². The first-order valence-corrected chi connectivity index (χ1v) is 8.64. The molecule has 2 N–H and O–H groups in total. The number of hydrogen-bond donors (Lipinski definition) is 2. The molecule has 0 saturated heterocycles. The van der Waals surface area contributed by atoms with Crippen LogP contribution in [0.15, 0.2) is 53.3 Å². The number of carbonyl (C=O) groups excluding carboxylic acids is 2. The maximum Gasteiger partial charge on any atom is 0.240 e. The number of hydrogen-bond acceptors (Lipinski definition) is 4. The summed E-state index contributed by atoms with van der Waals surface area (Å²) in [6.45, 7) is 0.695. The number of nitrogens with one attached hydrogen (secondary N) is 2. The minimum Gasteiger partial charge on any atom is -0.383 e. The van der Waals surface area contributed by atoms with Gasteiger partial charge in [0.2, 0.25) is 11.8 Å². The Labute approximate surface area is 155 Å². The number of para-hydroxylation sites is 2. The fourth-order valence-corrected chi connectivity index (χ4v) is 2.98. The molecular weight excluding hydrogens is 346 g/mol. The summed E-state index contributed by atoms with van der Waals surface area (Å²) in [7, 11) is 1.55. The molecule has 27 heavy (non-hydrogen) atoms. The van der Waals surface area contributed by atoms with Crippen molar-refractivity contribution >= 4 is 33.6 Å². The molecule has 0 aliphatic rings. The molecule has 0 aliphatic heterocycles. The zero-order chi connectivity index (χ0) is 19.2. The largest absolute Gasteiger partial charge is 0.383 e. The van der Waals surface area contributed by atoms with Crippen molar-refractivity contribution in [3.63, 3.8) is 0 Å². The molecule has 0 aliphatic carbocycles. The van der Waals surface area contributed by atoms with E-state index in [4.69, 9.17) is 4.74 Å². The summed E-state index contributed by atoms with van der Waals surface area (Å²) in [5.74, 6) is -0.592. The maximum absolute atomic E-state index is 12.7. The number of amides is 2. The predicted molar refractivity (Wildman–Crippen MR) is 104 cm³/mol. The molecule has 0 fully saturated rings. The third-order valence-corrected chi connectivity index (χ3v) is 4.26. The lowest BCUT2D eigenvalue weighted by molar-refractivity contribution is -0.126. The number of carbonyl (C=O) groups is 2. The van der Waals surface area contributed by atoms with Crippen LogP contribution in [0.2, 0.25) is 0 Å². The highest BCUT2D eigenvalue weighted by Gasteiger charge is 2.13. The van der Waals surface area contributed by atoms with Crippen LogP contribution in [0.25, 0.3) is 21.8 Å². The second-order valence-electron chi connectivity index (χ2n) is 6.07. The lowest BCUT2D eigenvalue weighted by Crippen LogP contribution is -2.39. The molecule has 1 aromatic heterocycles. The van der Waals surface area contributed by atoms with Crippen LogP contribution in [0.1, 0.15) is 0 Å². The second kappa shape index (κ2) is 8.46. The summed E-state index contributed by atoms with van der Waals surface area (Å²) in [4.78, 5) is 36.8. The number of methoxy groups -OCH3 is 1. The molecule has 1 heterocycles. The van der Waals surface area contributed by atoms with Crippen molar-refractivity contribution in [1.82, 2.24) is 15.2 Å². The van der Waals surface area contributed by atoms with Crippen LogP contribution in [-0.4, -0.2) is 43.2 Å². The predicted octanol–water partition coefficient (Wildman–Crippen LogP) is 1.03. The van der Waals surface area contributed by atoms with Crippen molar-refractivity contribution in [3.8, 4) is 0 Å². The normalized spacial score (nSPS) is 10.9. The van der Waals surface area contributed by atoms with Gasteiger partial charge >= 0.3 is 0 Å². The van der Waals surface area contributed by atoms with Crippen molar-refractivity contribution in [2.45, 2.75) is 6.54 Å². The first kappa shape index (κ1) is 18.6. The SMILES string of the molecule is COCCNC(=O)CNC(=O)Cn1c2ccccc2c(=O)c2ccccc21. The van der Waals surface area contributed by atoms with Crippen molar-refractivity contribution < 1.29 is 14.3 Å². The number of pyridine rings is 1. The highest BCUT2D eigenvalue weighted by atomic mass is 16.5. The molecule has 7 heteroatoms. The topological polar surface area (TPSA) is 89.4 Å². The fraction of sp³-hybridized carbons (Fsp3) is 0.250. The highest BCUT2D eigenvalue weighted by Crippen LogP contribution is 2.18. The smallest absolute Gasteiger partial charge is 0.240 e. The Kier molecular flexibility index (Phi) is 5.83. The van der Waals surface area contributed by atoms with E-state index in [1.807, 2.05) is 24.3 Å². The van der Waals surface area contributed by atoms with Gasteiger partial charge in [-0.1, -0.05) is 24.3 Å². The van der Waals surface area contributed by atoms with Crippen LogP contribution in [0, 0.1) is 0 Å². The Morgan fingerprint density at radius 2 is 1.52 bits per heavy atom. The first-order valence-electron chi connectivity index (χ1n) is 8.64. The zero-order valence-electron chi connectivity index (χ0n) is 15.0. The van der Waals surface area contributed by atoms with Gasteiger partial charge in [-0.25, -0.2) is 0 Å². The third-order valence-electron chi connectivity index (χ3n) is 4.26. The van der Waals surface area contributed by atoms with Crippen molar-refractivity contribution in [1.29, 1.82) is 0 Å². The second-order valence-corrected chi connectivity index (χ2v) is 6.07. The van der Waals surface area contributed by atoms with E-state index in [0.29, 0.717) is 35.0 Å². The van der Waals surface area contributed by atoms with Gasteiger partial charge in [0.15, 0.2) is 5.43 Å². The van der Waals surface area contributed by atoms with E-state index in [1.54, 1.807) is 35.9 Å². The van der Waals surface area contributed by atoms with E-state index in [-0.39, 0.29) is 30.3 Å². The van der Waals surface area contributed by atoms with Gasteiger partial charge in [0.25, 0.3) is 0 Å². The summed E-state index contributed by atoms with van der Waals surface area (Å²) >= 11 is 0. The highest BCUT2D eigenvalue weighted by molar-refractivity contribution is 5.95. The molecule has 2 amide bonds. The van der Waals surface area contributed by atoms with Crippen molar-refractivity contribution in [3.05, 3.63) is 58.8 Å². The molecule has 7 nitrogen and oxygen atoms in total. The van der Waals surface area contributed by atoms with Crippen molar-refractivity contribution in [2.75, 3.05) is 26.8 Å². The molecule has 0 bridgehead atoms. The fourth-order valence-electron chi connectivity index (χ4n) is 2.98.